The number of sulfonamides is 1. The molecule has 144 valence electrons. The summed E-state index contributed by atoms with van der Waals surface area (Å²) in [6.07, 6.45) is 0. The Kier molecular flexibility index (Phi) is 9.99. The van der Waals surface area contributed by atoms with E-state index in [0.29, 0.717) is 26.4 Å². The van der Waals surface area contributed by atoms with Crippen LogP contribution in [0.4, 0.5) is 0 Å². The number of hydrogen-bond acceptors (Lipinski definition) is 6. The third-order valence-corrected chi connectivity index (χ3v) is 4.93. The average Bonchev–Trinajstić information content (AvgIpc) is 2.56. The van der Waals surface area contributed by atoms with E-state index in [1.54, 1.807) is 7.11 Å². The lowest BCUT2D eigenvalue weighted by atomic mass is 10.1. The molecule has 1 rings (SSSR count). The molecule has 0 bridgehead atoms. The van der Waals surface area contributed by atoms with E-state index >= 15 is 0 Å². The zero-order valence-corrected chi connectivity index (χ0v) is 16.3. The summed E-state index contributed by atoms with van der Waals surface area (Å²) in [6, 6.07) is 7.64. The van der Waals surface area contributed by atoms with Gasteiger partial charge in [-0.25, -0.2) is 13.1 Å². The molecule has 1 aromatic rings. The van der Waals surface area contributed by atoms with Crippen molar-refractivity contribution >= 4 is 10.0 Å². The SMILES string of the molecule is CCOc1ccc(C(CNS(=O)(=O)CCOCCOC)N(C)C)cc1. The van der Waals surface area contributed by atoms with Gasteiger partial charge in [0.15, 0.2) is 0 Å². The maximum Gasteiger partial charge on any atom is 0.213 e. The molecule has 1 unspecified atom stereocenters. The van der Waals surface area contributed by atoms with Crippen LogP contribution in [0.3, 0.4) is 0 Å². The van der Waals surface area contributed by atoms with Crippen LogP contribution in [0.5, 0.6) is 5.75 Å². The van der Waals surface area contributed by atoms with Gasteiger partial charge in [-0.2, -0.15) is 0 Å². The molecule has 0 radical (unpaired) electrons. The fourth-order valence-corrected chi connectivity index (χ4v) is 3.14. The van der Waals surface area contributed by atoms with Gasteiger partial charge in [-0.3, -0.25) is 0 Å². The Morgan fingerprint density at radius 1 is 1.12 bits per heavy atom. The minimum atomic E-state index is -3.39. The van der Waals surface area contributed by atoms with Crippen LogP contribution in [0.2, 0.25) is 0 Å². The first-order chi connectivity index (χ1) is 11.9. The normalized spacial score (nSPS) is 13.2. The Hall–Kier alpha value is -1.19. The first-order valence-corrected chi connectivity index (χ1v) is 9.98. The van der Waals surface area contributed by atoms with E-state index in [2.05, 4.69) is 4.72 Å². The van der Waals surface area contributed by atoms with E-state index in [9.17, 15) is 8.42 Å². The highest BCUT2D eigenvalue weighted by atomic mass is 32.2. The third kappa shape index (κ3) is 8.64. The van der Waals surface area contributed by atoms with Crippen molar-refractivity contribution in [2.24, 2.45) is 0 Å². The summed E-state index contributed by atoms with van der Waals surface area (Å²) in [5.74, 6) is 0.734. The number of rotatable bonds is 13. The van der Waals surface area contributed by atoms with E-state index in [4.69, 9.17) is 14.2 Å². The predicted octanol–water partition coefficient (Wildman–Crippen LogP) is 1.27. The molecule has 0 heterocycles. The Morgan fingerprint density at radius 3 is 2.36 bits per heavy atom. The minimum Gasteiger partial charge on any atom is -0.494 e. The van der Waals surface area contributed by atoms with Crippen molar-refractivity contribution in [1.82, 2.24) is 9.62 Å². The van der Waals surface area contributed by atoms with Gasteiger partial charge in [0.05, 0.1) is 32.2 Å². The fraction of sp³-hybridized carbons (Fsp3) is 0.647. The quantitative estimate of drug-likeness (QED) is 0.524. The average molecular weight is 375 g/mol. The maximum atomic E-state index is 12.1. The van der Waals surface area contributed by atoms with Gasteiger partial charge in [-0.15, -0.1) is 0 Å². The second-order valence-corrected chi connectivity index (χ2v) is 7.68. The summed E-state index contributed by atoms with van der Waals surface area (Å²) in [5, 5.41) is 0. The van der Waals surface area contributed by atoms with Crippen LogP contribution in [-0.4, -0.2) is 73.2 Å². The second-order valence-electron chi connectivity index (χ2n) is 5.75. The molecule has 0 aliphatic rings. The van der Waals surface area contributed by atoms with Crippen molar-refractivity contribution in [3.8, 4) is 5.75 Å². The lowest BCUT2D eigenvalue weighted by molar-refractivity contribution is 0.0784. The number of nitrogens with zero attached hydrogens (tertiary/aromatic N) is 1. The first kappa shape index (κ1) is 21.9. The summed E-state index contributed by atoms with van der Waals surface area (Å²) in [7, 11) is 2.02. The molecule has 1 atom stereocenters. The molecule has 0 saturated carbocycles. The lowest BCUT2D eigenvalue weighted by Crippen LogP contribution is -2.36. The van der Waals surface area contributed by atoms with Crippen molar-refractivity contribution in [1.29, 1.82) is 0 Å². The minimum absolute atomic E-state index is 0.0693. The molecule has 0 aliphatic heterocycles. The van der Waals surface area contributed by atoms with Crippen molar-refractivity contribution in [2.75, 3.05) is 59.9 Å². The van der Waals surface area contributed by atoms with Gasteiger partial charge in [-0.05, 0) is 38.7 Å². The molecule has 0 aliphatic carbocycles. The summed E-state index contributed by atoms with van der Waals surface area (Å²) in [4.78, 5) is 1.98. The Balaban J connectivity index is 2.57. The van der Waals surface area contributed by atoms with Gasteiger partial charge >= 0.3 is 0 Å². The summed E-state index contributed by atoms with van der Waals surface area (Å²) in [6.45, 7) is 3.83. The summed E-state index contributed by atoms with van der Waals surface area (Å²) >= 11 is 0. The Bertz CT molecular complexity index is 575. The highest BCUT2D eigenvalue weighted by molar-refractivity contribution is 7.89. The number of nitrogens with one attached hydrogen (secondary N) is 1. The largest absolute Gasteiger partial charge is 0.494 e. The van der Waals surface area contributed by atoms with E-state index in [1.165, 1.54) is 0 Å². The van der Waals surface area contributed by atoms with E-state index in [0.717, 1.165) is 11.3 Å². The monoisotopic (exact) mass is 374 g/mol. The maximum absolute atomic E-state index is 12.1. The topological polar surface area (TPSA) is 77.1 Å². The smallest absolute Gasteiger partial charge is 0.213 e. The van der Waals surface area contributed by atoms with E-state index in [-0.39, 0.29) is 18.4 Å². The zero-order chi connectivity index (χ0) is 18.7. The Labute approximate surface area is 151 Å². The summed E-state index contributed by atoms with van der Waals surface area (Å²) in [5.41, 5.74) is 1.02. The Morgan fingerprint density at radius 2 is 1.80 bits per heavy atom. The molecular weight excluding hydrogens is 344 g/mol. The number of benzene rings is 1. The molecule has 8 heteroatoms. The van der Waals surface area contributed by atoms with Crippen molar-refractivity contribution in [2.45, 2.75) is 13.0 Å². The van der Waals surface area contributed by atoms with Crippen LogP contribution >= 0.6 is 0 Å². The van der Waals surface area contributed by atoms with Gasteiger partial charge in [0.25, 0.3) is 0 Å². The van der Waals surface area contributed by atoms with Crippen LogP contribution < -0.4 is 9.46 Å². The highest BCUT2D eigenvalue weighted by Crippen LogP contribution is 2.21. The van der Waals surface area contributed by atoms with Crippen molar-refractivity contribution < 1.29 is 22.6 Å². The number of ether oxygens (including phenoxy) is 3. The zero-order valence-electron chi connectivity index (χ0n) is 15.5. The van der Waals surface area contributed by atoms with Gasteiger partial charge in [0.2, 0.25) is 10.0 Å². The van der Waals surface area contributed by atoms with Crippen LogP contribution in [0.1, 0.15) is 18.5 Å². The number of hydrogen-bond donors (Lipinski definition) is 1. The molecule has 7 nitrogen and oxygen atoms in total. The van der Waals surface area contributed by atoms with Gasteiger partial charge in [0.1, 0.15) is 5.75 Å². The molecule has 25 heavy (non-hydrogen) atoms. The summed E-state index contributed by atoms with van der Waals surface area (Å²) < 4.78 is 42.4. The number of methoxy groups -OCH3 is 1. The van der Waals surface area contributed by atoms with E-state index in [1.807, 2.05) is 50.2 Å². The standard InChI is InChI=1S/C17H30N2O5S/c1-5-24-16-8-6-15(7-9-16)17(19(2)3)14-18-25(20,21)13-12-23-11-10-22-4/h6-9,17-18H,5,10-14H2,1-4H3. The van der Waals surface area contributed by atoms with Gasteiger partial charge in [-0.1, -0.05) is 12.1 Å². The van der Waals surface area contributed by atoms with Crippen molar-refractivity contribution in [3.63, 3.8) is 0 Å². The second kappa shape index (κ2) is 11.4. The molecule has 1 N–H and O–H groups in total. The molecule has 0 saturated heterocycles. The lowest BCUT2D eigenvalue weighted by Gasteiger charge is -2.25. The van der Waals surface area contributed by atoms with Gasteiger partial charge in [0, 0.05) is 19.7 Å². The fourth-order valence-electron chi connectivity index (χ4n) is 2.24. The number of likely N-dealkylation sites (N-methyl/N-ethyl adjacent to an activating group) is 1. The first-order valence-electron chi connectivity index (χ1n) is 8.32. The third-order valence-electron chi connectivity index (χ3n) is 3.62. The molecule has 1 aromatic carbocycles. The molecule has 0 aromatic heterocycles. The highest BCUT2D eigenvalue weighted by Gasteiger charge is 2.18. The van der Waals surface area contributed by atoms with Crippen LogP contribution in [0.25, 0.3) is 0 Å². The molecule has 0 amide bonds. The van der Waals surface area contributed by atoms with Crippen LogP contribution in [-0.2, 0) is 19.5 Å². The molecule has 0 spiro atoms. The van der Waals surface area contributed by atoms with Gasteiger partial charge < -0.3 is 19.1 Å². The predicted molar refractivity (Wildman–Crippen MR) is 98.5 cm³/mol. The van der Waals surface area contributed by atoms with Crippen LogP contribution in [0.15, 0.2) is 24.3 Å². The van der Waals surface area contributed by atoms with Crippen LogP contribution in [0, 0.1) is 0 Å². The molecule has 0 fully saturated rings. The van der Waals surface area contributed by atoms with E-state index < -0.39 is 10.0 Å². The van der Waals surface area contributed by atoms with Crippen molar-refractivity contribution in [3.05, 3.63) is 29.8 Å². The molecular formula is C17H30N2O5S.